The molecule has 2 heterocycles. The Balaban J connectivity index is 1.78. The molecule has 1 unspecified atom stereocenters. The van der Waals surface area contributed by atoms with Gasteiger partial charge in [0.25, 0.3) is 5.56 Å². The van der Waals surface area contributed by atoms with E-state index in [4.69, 9.17) is 9.72 Å². The van der Waals surface area contributed by atoms with Gasteiger partial charge in [-0.2, -0.15) is 0 Å². The summed E-state index contributed by atoms with van der Waals surface area (Å²) in [6, 6.07) is 7.66. The fraction of sp³-hybridized carbons (Fsp3) is 0.600. The number of ether oxygens (including phenoxy) is 1. The first-order valence-electron chi connectivity index (χ1n) is 9.43. The van der Waals surface area contributed by atoms with Crippen LogP contribution in [-0.4, -0.2) is 52.5 Å². The van der Waals surface area contributed by atoms with Gasteiger partial charge < -0.3 is 4.74 Å². The van der Waals surface area contributed by atoms with Crippen molar-refractivity contribution in [3.05, 3.63) is 34.6 Å². The maximum atomic E-state index is 12.9. The summed E-state index contributed by atoms with van der Waals surface area (Å²) in [5.41, 5.74) is 0.807. The second-order valence-corrected chi connectivity index (χ2v) is 8.62. The Bertz CT molecular complexity index is 803. The minimum absolute atomic E-state index is 0.0408. The van der Waals surface area contributed by atoms with E-state index in [1.165, 1.54) is 0 Å². The van der Waals surface area contributed by atoms with Crippen LogP contribution in [0.2, 0.25) is 0 Å². The van der Waals surface area contributed by atoms with Crippen LogP contribution in [0.5, 0.6) is 0 Å². The lowest BCUT2D eigenvalue weighted by Crippen LogP contribution is -2.44. The van der Waals surface area contributed by atoms with Crippen molar-refractivity contribution in [3.8, 4) is 0 Å². The molecule has 0 saturated carbocycles. The Morgan fingerprint density at radius 3 is 2.77 bits per heavy atom. The third-order valence-corrected chi connectivity index (χ3v) is 5.62. The van der Waals surface area contributed by atoms with Crippen LogP contribution in [0.15, 0.2) is 34.2 Å². The number of hydrogen-bond acceptors (Lipinski definition) is 5. The van der Waals surface area contributed by atoms with Crippen molar-refractivity contribution in [1.82, 2.24) is 14.5 Å². The largest absolute Gasteiger partial charge is 0.375 e. The van der Waals surface area contributed by atoms with Gasteiger partial charge in [0.1, 0.15) is 0 Å². The topological polar surface area (TPSA) is 47.4 Å². The van der Waals surface area contributed by atoms with Crippen LogP contribution < -0.4 is 5.56 Å². The zero-order chi connectivity index (χ0) is 18.7. The summed E-state index contributed by atoms with van der Waals surface area (Å²) in [6.45, 7) is 12.4. The molecule has 26 heavy (non-hydrogen) atoms. The quantitative estimate of drug-likeness (QED) is 0.572. The highest BCUT2D eigenvalue weighted by Gasteiger charge is 2.22. The number of benzene rings is 1. The number of para-hydroxylation sites is 1. The smallest absolute Gasteiger partial charge is 0.262 e. The first-order valence-corrected chi connectivity index (χ1v) is 10.4. The van der Waals surface area contributed by atoms with Crippen molar-refractivity contribution >= 4 is 22.7 Å². The average molecular weight is 376 g/mol. The van der Waals surface area contributed by atoms with Crippen molar-refractivity contribution in [2.75, 3.05) is 32.0 Å². The number of hydrogen-bond donors (Lipinski definition) is 0. The molecule has 0 N–H and O–H groups in total. The van der Waals surface area contributed by atoms with E-state index in [9.17, 15) is 4.79 Å². The van der Waals surface area contributed by atoms with Gasteiger partial charge in [-0.3, -0.25) is 14.3 Å². The van der Waals surface area contributed by atoms with E-state index >= 15 is 0 Å². The van der Waals surface area contributed by atoms with Crippen molar-refractivity contribution in [1.29, 1.82) is 0 Å². The number of aromatic nitrogens is 2. The Morgan fingerprint density at radius 2 is 2.04 bits per heavy atom. The Kier molecular flexibility index (Phi) is 6.37. The van der Waals surface area contributed by atoms with Gasteiger partial charge in [-0.1, -0.05) is 37.7 Å². The van der Waals surface area contributed by atoms with E-state index in [1.54, 1.807) is 11.8 Å². The van der Waals surface area contributed by atoms with Gasteiger partial charge in [0.05, 0.1) is 23.6 Å². The molecule has 1 saturated heterocycles. The molecule has 1 aromatic carbocycles. The maximum Gasteiger partial charge on any atom is 0.262 e. The van der Waals surface area contributed by atoms with E-state index in [0.717, 1.165) is 42.7 Å². The van der Waals surface area contributed by atoms with E-state index in [2.05, 4.69) is 18.7 Å². The highest BCUT2D eigenvalue weighted by molar-refractivity contribution is 7.99. The average Bonchev–Trinajstić information content (AvgIpc) is 2.59. The van der Waals surface area contributed by atoms with Gasteiger partial charge in [0.2, 0.25) is 0 Å². The van der Waals surface area contributed by atoms with E-state index in [-0.39, 0.29) is 17.7 Å². The summed E-state index contributed by atoms with van der Waals surface area (Å²) in [4.78, 5) is 20.1. The lowest BCUT2D eigenvalue weighted by Gasteiger charge is -2.33. The fourth-order valence-electron chi connectivity index (χ4n) is 3.41. The zero-order valence-electron chi connectivity index (χ0n) is 16.1. The summed E-state index contributed by atoms with van der Waals surface area (Å²) in [5, 5.41) is 1.47. The van der Waals surface area contributed by atoms with Crippen LogP contribution in [-0.2, 0) is 4.74 Å². The number of morpholine rings is 1. The van der Waals surface area contributed by atoms with Crippen molar-refractivity contribution in [3.63, 3.8) is 0 Å². The van der Waals surface area contributed by atoms with E-state index in [1.807, 2.05) is 42.7 Å². The molecule has 0 aliphatic carbocycles. The number of fused-ring (bicyclic) bond motifs is 1. The fourth-order valence-corrected chi connectivity index (χ4v) is 4.55. The number of rotatable bonds is 6. The first-order chi connectivity index (χ1) is 12.5. The summed E-state index contributed by atoms with van der Waals surface area (Å²) in [6.07, 6.45) is 0.177. The molecule has 1 aliphatic rings. The number of nitrogens with zero attached hydrogens (tertiary/aromatic N) is 3. The molecule has 1 fully saturated rings. The summed E-state index contributed by atoms with van der Waals surface area (Å²) in [7, 11) is 0. The molecule has 5 nitrogen and oxygen atoms in total. The highest BCUT2D eigenvalue weighted by atomic mass is 32.2. The van der Waals surface area contributed by atoms with Gasteiger partial charge in [0, 0.05) is 31.4 Å². The summed E-state index contributed by atoms with van der Waals surface area (Å²) >= 11 is 1.63. The predicted octanol–water partition coefficient (Wildman–Crippen LogP) is 3.43. The minimum atomic E-state index is 0.0408. The standard InChI is InChI=1S/C20H29N3O2S/c1-14(2)11-22-9-10-25-16(12-22)13-26-20-21-18-8-6-5-7-17(18)19(24)23(20)15(3)4/h5-8,14-16H,9-13H2,1-4H3. The zero-order valence-corrected chi connectivity index (χ0v) is 17.0. The SMILES string of the molecule is CC(C)CN1CCOC(CSc2nc3ccccc3c(=O)n2C(C)C)C1. The van der Waals surface area contributed by atoms with Crippen LogP contribution in [0.4, 0.5) is 0 Å². The van der Waals surface area contributed by atoms with Crippen LogP contribution in [0.1, 0.15) is 33.7 Å². The van der Waals surface area contributed by atoms with E-state index < -0.39 is 0 Å². The molecule has 142 valence electrons. The third kappa shape index (κ3) is 4.48. The van der Waals surface area contributed by atoms with Gasteiger partial charge in [-0.15, -0.1) is 0 Å². The Labute approximate surface area is 159 Å². The molecular formula is C20H29N3O2S. The monoisotopic (exact) mass is 375 g/mol. The Morgan fingerprint density at radius 1 is 1.27 bits per heavy atom. The van der Waals surface area contributed by atoms with Gasteiger partial charge >= 0.3 is 0 Å². The van der Waals surface area contributed by atoms with Crippen LogP contribution in [0.25, 0.3) is 10.9 Å². The molecule has 0 amide bonds. The van der Waals surface area contributed by atoms with Crippen LogP contribution in [0.3, 0.4) is 0 Å². The number of thioether (sulfide) groups is 1. The maximum absolute atomic E-state index is 12.9. The minimum Gasteiger partial charge on any atom is -0.375 e. The van der Waals surface area contributed by atoms with Gasteiger partial charge in [0.15, 0.2) is 5.16 Å². The van der Waals surface area contributed by atoms with Crippen LogP contribution >= 0.6 is 11.8 Å². The lowest BCUT2D eigenvalue weighted by atomic mass is 10.2. The highest BCUT2D eigenvalue weighted by Crippen LogP contribution is 2.23. The summed E-state index contributed by atoms with van der Waals surface area (Å²) in [5.74, 6) is 1.47. The van der Waals surface area contributed by atoms with Gasteiger partial charge in [-0.25, -0.2) is 4.98 Å². The molecule has 2 aromatic rings. The van der Waals surface area contributed by atoms with E-state index in [0.29, 0.717) is 11.3 Å². The molecule has 0 spiro atoms. The molecule has 1 atom stereocenters. The second-order valence-electron chi connectivity index (χ2n) is 7.64. The molecule has 1 aromatic heterocycles. The molecule has 6 heteroatoms. The Hall–Kier alpha value is -1.37. The molecule has 3 rings (SSSR count). The second kappa shape index (κ2) is 8.55. The molecule has 1 aliphatic heterocycles. The molecule has 0 radical (unpaired) electrons. The molecular weight excluding hydrogens is 346 g/mol. The molecule has 0 bridgehead atoms. The van der Waals surface area contributed by atoms with Gasteiger partial charge in [-0.05, 0) is 31.9 Å². The van der Waals surface area contributed by atoms with Crippen molar-refractivity contribution < 1.29 is 4.74 Å². The third-order valence-electron chi connectivity index (χ3n) is 4.54. The van der Waals surface area contributed by atoms with Crippen LogP contribution in [0, 0.1) is 5.92 Å². The first kappa shape index (κ1) is 19.4. The van der Waals surface area contributed by atoms with Crippen molar-refractivity contribution in [2.24, 2.45) is 5.92 Å². The normalized spacial score (nSPS) is 18.9. The van der Waals surface area contributed by atoms with Crippen molar-refractivity contribution in [2.45, 2.75) is 45.0 Å². The lowest BCUT2D eigenvalue weighted by molar-refractivity contribution is -0.0191. The summed E-state index contributed by atoms with van der Waals surface area (Å²) < 4.78 is 7.76. The predicted molar refractivity (Wildman–Crippen MR) is 108 cm³/mol.